The standard InChI is InChI=1S/C19H18Cl2N4/c20-13-8-9-17(15(21)12-13)23-19-22-16-7-3-2-6-14(16)18(24-19)25-10-4-1-5-11-25/h2-3,6-9,12H,1,4-5,10-11H2,(H,22,23,24). The molecular weight excluding hydrogens is 355 g/mol. The molecular formula is C19H18Cl2N4. The first-order chi connectivity index (χ1) is 12.2. The van der Waals surface area contributed by atoms with E-state index in [1.165, 1.54) is 19.3 Å². The van der Waals surface area contributed by atoms with Crippen LogP contribution in [0.3, 0.4) is 0 Å². The lowest BCUT2D eigenvalue weighted by Gasteiger charge is -2.29. The molecule has 1 fully saturated rings. The average molecular weight is 373 g/mol. The third-order valence-electron chi connectivity index (χ3n) is 4.42. The van der Waals surface area contributed by atoms with Crippen molar-refractivity contribution in [1.29, 1.82) is 0 Å². The number of anilines is 3. The van der Waals surface area contributed by atoms with Gasteiger partial charge in [0.05, 0.1) is 16.2 Å². The minimum absolute atomic E-state index is 0.545. The molecule has 1 aliphatic rings. The van der Waals surface area contributed by atoms with Crippen molar-refractivity contribution in [2.24, 2.45) is 0 Å². The van der Waals surface area contributed by atoms with E-state index in [2.05, 4.69) is 21.3 Å². The Labute approximate surface area is 156 Å². The SMILES string of the molecule is Clc1ccc(Nc2nc(N3CCCCC3)c3ccccc3n2)c(Cl)c1. The Morgan fingerprint density at radius 2 is 1.72 bits per heavy atom. The number of piperidine rings is 1. The Hall–Kier alpha value is -2.04. The first kappa shape index (κ1) is 16.4. The van der Waals surface area contributed by atoms with E-state index in [1.807, 2.05) is 24.3 Å². The van der Waals surface area contributed by atoms with Gasteiger partial charge in [-0.15, -0.1) is 0 Å². The highest BCUT2D eigenvalue weighted by atomic mass is 35.5. The number of halogens is 2. The lowest BCUT2D eigenvalue weighted by molar-refractivity contribution is 0.575. The minimum atomic E-state index is 0.545. The molecule has 128 valence electrons. The molecule has 2 aromatic carbocycles. The molecule has 1 saturated heterocycles. The highest BCUT2D eigenvalue weighted by Gasteiger charge is 2.17. The fraction of sp³-hybridized carbons (Fsp3) is 0.263. The summed E-state index contributed by atoms with van der Waals surface area (Å²) in [6.07, 6.45) is 3.68. The fourth-order valence-corrected chi connectivity index (χ4v) is 3.63. The van der Waals surface area contributed by atoms with Gasteiger partial charge in [0.2, 0.25) is 5.95 Å². The Morgan fingerprint density at radius 1 is 0.920 bits per heavy atom. The van der Waals surface area contributed by atoms with Crippen molar-refractivity contribution in [2.75, 3.05) is 23.3 Å². The number of rotatable bonds is 3. The summed E-state index contributed by atoms with van der Waals surface area (Å²) in [7, 11) is 0. The molecule has 1 N–H and O–H groups in total. The van der Waals surface area contributed by atoms with E-state index in [0.29, 0.717) is 16.0 Å². The zero-order valence-corrected chi connectivity index (χ0v) is 15.2. The molecule has 25 heavy (non-hydrogen) atoms. The molecule has 0 atom stereocenters. The van der Waals surface area contributed by atoms with E-state index in [9.17, 15) is 0 Å². The molecule has 0 bridgehead atoms. The topological polar surface area (TPSA) is 41.1 Å². The number of fused-ring (bicyclic) bond motifs is 1. The lowest BCUT2D eigenvalue weighted by Crippen LogP contribution is -2.30. The smallest absolute Gasteiger partial charge is 0.229 e. The summed E-state index contributed by atoms with van der Waals surface area (Å²) in [5.74, 6) is 1.53. The van der Waals surface area contributed by atoms with Gasteiger partial charge < -0.3 is 10.2 Å². The van der Waals surface area contributed by atoms with Gasteiger partial charge in [0, 0.05) is 23.5 Å². The molecule has 0 spiro atoms. The van der Waals surface area contributed by atoms with E-state index in [1.54, 1.807) is 12.1 Å². The molecule has 4 nitrogen and oxygen atoms in total. The van der Waals surface area contributed by atoms with Crippen molar-refractivity contribution in [3.8, 4) is 0 Å². The normalized spacial score (nSPS) is 14.7. The Kier molecular flexibility index (Phi) is 4.64. The summed E-state index contributed by atoms with van der Waals surface area (Å²) in [5, 5.41) is 5.46. The average Bonchev–Trinajstić information content (AvgIpc) is 2.64. The van der Waals surface area contributed by atoms with Gasteiger partial charge in [-0.1, -0.05) is 35.3 Å². The zero-order valence-electron chi connectivity index (χ0n) is 13.7. The Balaban J connectivity index is 1.76. The summed E-state index contributed by atoms with van der Waals surface area (Å²) in [6.45, 7) is 2.06. The third kappa shape index (κ3) is 3.51. The molecule has 1 aliphatic heterocycles. The maximum Gasteiger partial charge on any atom is 0.229 e. The van der Waals surface area contributed by atoms with Gasteiger partial charge in [-0.3, -0.25) is 0 Å². The molecule has 0 amide bonds. The number of benzene rings is 2. The van der Waals surface area contributed by atoms with E-state index < -0.39 is 0 Å². The van der Waals surface area contributed by atoms with Crippen molar-refractivity contribution in [3.63, 3.8) is 0 Å². The maximum absolute atomic E-state index is 6.27. The van der Waals surface area contributed by atoms with Crippen LogP contribution in [0.1, 0.15) is 19.3 Å². The molecule has 0 saturated carbocycles. The summed E-state index contributed by atoms with van der Waals surface area (Å²) >= 11 is 12.2. The molecule has 1 aromatic heterocycles. The van der Waals surface area contributed by atoms with Crippen LogP contribution in [0.2, 0.25) is 10.0 Å². The van der Waals surface area contributed by atoms with Gasteiger partial charge in [0.1, 0.15) is 5.82 Å². The van der Waals surface area contributed by atoms with E-state index in [4.69, 9.17) is 28.2 Å². The van der Waals surface area contributed by atoms with Crippen LogP contribution >= 0.6 is 23.2 Å². The highest BCUT2D eigenvalue weighted by molar-refractivity contribution is 6.36. The summed E-state index contributed by atoms with van der Waals surface area (Å²) < 4.78 is 0. The van der Waals surface area contributed by atoms with Crippen LogP contribution in [0.4, 0.5) is 17.5 Å². The fourth-order valence-electron chi connectivity index (χ4n) is 3.17. The Bertz CT molecular complexity index is 907. The summed E-state index contributed by atoms with van der Waals surface area (Å²) in [4.78, 5) is 11.8. The number of aromatic nitrogens is 2. The largest absolute Gasteiger partial charge is 0.356 e. The van der Waals surface area contributed by atoms with Crippen LogP contribution in [-0.2, 0) is 0 Å². The second-order valence-electron chi connectivity index (χ2n) is 6.18. The van der Waals surface area contributed by atoms with Crippen LogP contribution in [0.25, 0.3) is 10.9 Å². The molecule has 6 heteroatoms. The first-order valence-electron chi connectivity index (χ1n) is 8.44. The third-order valence-corrected chi connectivity index (χ3v) is 4.96. The van der Waals surface area contributed by atoms with Gasteiger partial charge in [-0.25, -0.2) is 4.98 Å². The summed E-state index contributed by atoms with van der Waals surface area (Å²) in [6, 6.07) is 13.5. The number of nitrogens with zero attached hydrogens (tertiary/aromatic N) is 3. The number of nitrogens with one attached hydrogen (secondary N) is 1. The van der Waals surface area contributed by atoms with Crippen LogP contribution in [0.5, 0.6) is 0 Å². The molecule has 0 aliphatic carbocycles. The predicted octanol–water partition coefficient (Wildman–Crippen LogP) is 5.67. The number of hydrogen-bond acceptors (Lipinski definition) is 4. The Morgan fingerprint density at radius 3 is 2.52 bits per heavy atom. The molecule has 3 aromatic rings. The van der Waals surface area contributed by atoms with Gasteiger partial charge in [0.15, 0.2) is 0 Å². The van der Waals surface area contributed by atoms with Crippen molar-refractivity contribution < 1.29 is 0 Å². The molecule has 2 heterocycles. The van der Waals surface area contributed by atoms with Crippen molar-refractivity contribution in [3.05, 3.63) is 52.5 Å². The predicted molar refractivity (Wildman–Crippen MR) is 105 cm³/mol. The van der Waals surface area contributed by atoms with E-state index in [-0.39, 0.29) is 0 Å². The van der Waals surface area contributed by atoms with Crippen molar-refractivity contribution in [1.82, 2.24) is 9.97 Å². The summed E-state index contributed by atoms with van der Waals surface area (Å²) in [5.41, 5.74) is 1.66. The minimum Gasteiger partial charge on any atom is -0.356 e. The first-order valence-corrected chi connectivity index (χ1v) is 9.20. The van der Waals surface area contributed by atoms with Crippen LogP contribution in [0, 0.1) is 0 Å². The van der Waals surface area contributed by atoms with Crippen LogP contribution in [-0.4, -0.2) is 23.1 Å². The van der Waals surface area contributed by atoms with E-state index in [0.717, 1.165) is 35.5 Å². The van der Waals surface area contributed by atoms with Gasteiger partial charge in [-0.2, -0.15) is 4.98 Å². The highest BCUT2D eigenvalue weighted by Crippen LogP contribution is 2.31. The monoisotopic (exact) mass is 372 g/mol. The van der Waals surface area contributed by atoms with Crippen molar-refractivity contribution >= 4 is 51.6 Å². The second kappa shape index (κ2) is 7.06. The maximum atomic E-state index is 6.27. The molecule has 0 unspecified atom stereocenters. The van der Waals surface area contributed by atoms with Gasteiger partial charge in [0.25, 0.3) is 0 Å². The number of hydrogen-bond donors (Lipinski definition) is 1. The van der Waals surface area contributed by atoms with Crippen molar-refractivity contribution in [2.45, 2.75) is 19.3 Å². The van der Waals surface area contributed by atoms with Gasteiger partial charge in [-0.05, 0) is 49.6 Å². The number of para-hydroxylation sites is 1. The van der Waals surface area contributed by atoms with Crippen LogP contribution in [0.15, 0.2) is 42.5 Å². The quantitative estimate of drug-likeness (QED) is 0.642. The van der Waals surface area contributed by atoms with Crippen LogP contribution < -0.4 is 10.2 Å². The second-order valence-corrected chi connectivity index (χ2v) is 7.03. The lowest BCUT2D eigenvalue weighted by atomic mass is 10.1. The molecule has 0 radical (unpaired) electrons. The van der Waals surface area contributed by atoms with E-state index >= 15 is 0 Å². The zero-order chi connectivity index (χ0) is 17.2. The van der Waals surface area contributed by atoms with Gasteiger partial charge >= 0.3 is 0 Å². The molecule has 4 rings (SSSR count).